The van der Waals surface area contributed by atoms with Gasteiger partial charge in [-0.15, -0.1) is 0 Å². The summed E-state index contributed by atoms with van der Waals surface area (Å²) < 4.78 is 10.5. The molecule has 0 aromatic rings. The van der Waals surface area contributed by atoms with Crippen LogP contribution in [0.2, 0.25) is 0 Å². The Balaban J connectivity index is 2.17. The molecule has 2 N–H and O–H groups in total. The highest BCUT2D eigenvalue weighted by Crippen LogP contribution is 2.24. The van der Waals surface area contributed by atoms with Gasteiger partial charge in [-0.05, 0) is 33.1 Å². The van der Waals surface area contributed by atoms with Crippen LogP contribution in [-0.2, 0) is 14.3 Å². The Labute approximate surface area is 102 Å². The summed E-state index contributed by atoms with van der Waals surface area (Å²) in [5.74, 6) is -0.808. The van der Waals surface area contributed by atoms with Gasteiger partial charge in [0.25, 0.3) is 0 Å². The van der Waals surface area contributed by atoms with E-state index in [1.54, 1.807) is 6.92 Å². The van der Waals surface area contributed by atoms with Crippen LogP contribution in [0.3, 0.4) is 0 Å². The van der Waals surface area contributed by atoms with Gasteiger partial charge in [-0.25, -0.2) is 0 Å². The first-order valence-electron chi connectivity index (χ1n) is 6.25. The van der Waals surface area contributed by atoms with Crippen LogP contribution in [0.1, 0.15) is 33.1 Å². The largest absolute Gasteiger partial charge is 0.480 e. The molecule has 17 heavy (non-hydrogen) atoms. The summed E-state index contributed by atoms with van der Waals surface area (Å²) in [6.07, 6.45) is 2.63. The van der Waals surface area contributed by atoms with Gasteiger partial charge in [0.05, 0.1) is 13.2 Å². The number of carboxylic acid groups (broad SMARTS) is 1. The fraction of sp³-hybridized carbons (Fsp3) is 0.917. The second-order valence-electron chi connectivity index (χ2n) is 4.62. The quantitative estimate of drug-likeness (QED) is 0.563. The molecule has 5 heteroatoms. The molecule has 0 aromatic heterocycles. The first-order valence-corrected chi connectivity index (χ1v) is 6.25. The van der Waals surface area contributed by atoms with E-state index in [9.17, 15) is 9.90 Å². The fourth-order valence-corrected chi connectivity index (χ4v) is 1.56. The Morgan fingerprint density at radius 3 is 2.53 bits per heavy atom. The molecule has 0 aliphatic heterocycles. The molecule has 1 atom stereocenters. The van der Waals surface area contributed by atoms with Gasteiger partial charge in [0.1, 0.15) is 5.54 Å². The fourth-order valence-electron chi connectivity index (χ4n) is 1.56. The Bertz CT molecular complexity index is 243. The number of rotatable bonds is 10. The number of ether oxygens (including phenoxy) is 2. The lowest BCUT2D eigenvalue weighted by Gasteiger charge is -2.26. The molecular weight excluding hydrogens is 222 g/mol. The normalized spacial score (nSPS) is 18.9. The van der Waals surface area contributed by atoms with Crippen molar-refractivity contribution in [1.82, 2.24) is 5.32 Å². The van der Waals surface area contributed by atoms with Gasteiger partial charge < -0.3 is 14.6 Å². The number of hydrogen-bond donors (Lipinski definition) is 2. The van der Waals surface area contributed by atoms with Crippen molar-refractivity contribution in [2.75, 3.05) is 26.4 Å². The highest BCUT2D eigenvalue weighted by molar-refractivity contribution is 5.78. The van der Waals surface area contributed by atoms with E-state index in [0.29, 0.717) is 38.9 Å². The molecule has 5 nitrogen and oxygen atoms in total. The summed E-state index contributed by atoms with van der Waals surface area (Å²) in [7, 11) is 0. The van der Waals surface area contributed by atoms with E-state index < -0.39 is 11.5 Å². The van der Waals surface area contributed by atoms with Crippen LogP contribution in [0.25, 0.3) is 0 Å². The van der Waals surface area contributed by atoms with Gasteiger partial charge in [0, 0.05) is 19.3 Å². The van der Waals surface area contributed by atoms with Crippen LogP contribution in [0.15, 0.2) is 0 Å². The summed E-state index contributed by atoms with van der Waals surface area (Å²) in [6.45, 7) is 5.86. The topological polar surface area (TPSA) is 67.8 Å². The van der Waals surface area contributed by atoms with E-state index in [1.165, 1.54) is 0 Å². The second-order valence-corrected chi connectivity index (χ2v) is 4.62. The van der Waals surface area contributed by atoms with Crippen molar-refractivity contribution >= 4 is 5.97 Å². The zero-order valence-corrected chi connectivity index (χ0v) is 10.7. The maximum absolute atomic E-state index is 11.2. The highest BCUT2D eigenvalue weighted by atomic mass is 16.5. The van der Waals surface area contributed by atoms with E-state index in [4.69, 9.17) is 9.47 Å². The summed E-state index contributed by atoms with van der Waals surface area (Å²) in [4.78, 5) is 11.2. The number of aliphatic carboxylic acids is 1. The minimum Gasteiger partial charge on any atom is -0.480 e. The molecule has 100 valence electrons. The van der Waals surface area contributed by atoms with E-state index in [-0.39, 0.29) is 0 Å². The molecule has 0 heterocycles. The molecule has 0 saturated heterocycles. The second kappa shape index (κ2) is 6.93. The highest BCUT2D eigenvalue weighted by Gasteiger charge is 2.38. The first-order chi connectivity index (χ1) is 8.08. The summed E-state index contributed by atoms with van der Waals surface area (Å²) >= 11 is 0. The molecule has 0 bridgehead atoms. The summed E-state index contributed by atoms with van der Waals surface area (Å²) in [6, 6.07) is 0.375. The van der Waals surface area contributed by atoms with Crippen molar-refractivity contribution in [3.63, 3.8) is 0 Å². The molecule has 0 spiro atoms. The Morgan fingerprint density at radius 2 is 2.00 bits per heavy atom. The van der Waals surface area contributed by atoms with E-state index in [0.717, 1.165) is 12.8 Å². The molecule has 0 aromatic carbocycles. The van der Waals surface area contributed by atoms with Crippen LogP contribution < -0.4 is 5.32 Å². The lowest BCUT2D eigenvalue weighted by molar-refractivity contribution is -0.145. The van der Waals surface area contributed by atoms with Gasteiger partial charge in [0.2, 0.25) is 0 Å². The average Bonchev–Trinajstić information content (AvgIpc) is 3.07. The van der Waals surface area contributed by atoms with Crippen LogP contribution >= 0.6 is 0 Å². The summed E-state index contributed by atoms with van der Waals surface area (Å²) in [5, 5.41) is 12.4. The van der Waals surface area contributed by atoms with E-state index in [2.05, 4.69) is 5.32 Å². The smallest absolute Gasteiger partial charge is 0.323 e. The van der Waals surface area contributed by atoms with Gasteiger partial charge >= 0.3 is 5.97 Å². The van der Waals surface area contributed by atoms with Gasteiger partial charge in [-0.1, -0.05) is 0 Å². The van der Waals surface area contributed by atoms with Crippen molar-refractivity contribution in [3.8, 4) is 0 Å². The monoisotopic (exact) mass is 245 g/mol. The lowest BCUT2D eigenvalue weighted by Crippen LogP contribution is -2.51. The zero-order chi connectivity index (χ0) is 12.7. The van der Waals surface area contributed by atoms with Crippen molar-refractivity contribution in [2.24, 2.45) is 0 Å². The average molecular weight is 245 g/mol. The predicted octanol–water partition coefficient (Wildman–Crippen LogP) is 1.02. The van der Waals surface area contributed by atoms with Crippen LogP contribution in [0, 0.1) is 0 Å². The number of carbonyl (C=O) groups is 1. The van der Waals surface area contributed by atoms with Crippen molar-refractivity contribution < 1.29 is 19.4 Å². The molecule has 1 aliphatic rings. The molecule has 0 radical (unpaired) electrons. The number of hydrogen-bond acceptors (Lipinski definition) is 4. The van der Waals surface area contributed by atoms with Crippen molar-refractivity contribution in [1.29, 1.82) is 0 Å². The molecule has 1 unspecified atom stereocenters. The summed E-state index contributed by atoms with van der Waals surface area (Å²) in [5.41, 5.74) is -0.868. The van der Waals surface area contributed by atoms with Gasteiger partial charge in [0.15, 0.2) is 0 Å². The Morgan fingerprint density at radius 1 is 1.35 bits per heavy atom. The van der Waals surface area contributed by atoms with Crippen LogP contribution in [-0.4, -0.2) is 49.1 Å². The standard InChI is InChI=1S/C12H23NO4/c1-3-16-8-9-17-7-6-12(2,11(14)15)13-10-4-5-10/h10,13H,3-9H2,1-2H3,(H,14,15). The third-order valence-electron chi connectivity index (χ3n) is 2.89. The molecule has 1 saturated carbocycles. The predicted molar refractivity (Wildman–Crippen MR) is 64.1 cm³/mol. The maximum Gasteiger partial charge on any atom is 0.323 e. The van der Waals surface area contributed by atoms with E-state index in [1.807, 2.05) is 6.92 Å². The molecule has 1 fully saturated rings. The minimum atomic E-state index is -0.868. The Kier molecular flexibility index (Phi) is 5.88. The van der Waals surface area contributed by atoms with Crippen LogP contribution in [0.5, 0.6) is 0 Å². The Hall–Kier alpha value is -0.650. The SMILES string of the molecule is CCOCCOCCC(C)(NC1CC1)C(=O)O. The van der Waals surface area contributed by atoms with Crippen molar-refractivity contribution in [3.05, 3.63) is 0 Å². The van der Waals surface area contributed by atoms with Gasteiger partial charge in [-0.3, -0.25) is 10.1 Å². The number of nitrogens with one attached hydrogen (secondary N) is 1. The molecule has 1 aliphatic carbocycles. The lowest BCUT2D eigenvalue weighted by atomic mass is 9.98. The first kappa shape index (κ1) is 14.4. The third kappa shape index (κ3) is 5.48. The zero-order valence-electron chi connectivity index (χ0n) is 10.7. The molecule has 0 amide bonds. The van der Waals surface area contributed by atoms with Crippen molar-refractivity contribution in [2.45, 2.75) is 44.7 Å². The number of carboxylic acids is 1. The van der Waals surface area contributed by atoms with Gasteiger partial charge in [-0.2, -0.15) is 0 Å². The minimum absolute atomic E-state index is 0.375. The third-order valence-corrected chi connectivity index (χ3v) is 2.89. The molecule has 1 rings (SSSR count). The maximum atomic E-state index is 11.2. The van der Waals surface area contributed by atoms with Crippen LogP contribution in [0.4, 0.5) is 0 Å². The van der Waals surface area contributed by atoms with E-state index >= 15 is 0 Å². The molecular formula is C12H23NO4.